The van der Waals surface area contributed by atoms with Crippen molar-refractivity contribution in [2.75, 3.05) is 26.2 Å². The van der Waals surface area contributed by atoms with Crippen LogP contribution in [0.4, 0.5) is 0 Å². The van der Waals surface area contributed by atoms with Gasteiger partial charge in [0.25, 0.3) is 5.56 Å². The van der Waals surface area contributed by atoms with Gasteiger partial charge in [-0.2, -0.15) is 5.10 Å². The lowest BCUT2D eigenvalue weighted by Gasteiger charge is -2.34. The molecule has 0 amide bonds. The third kappa shape index (κ3) is 3.92. The molecule has 1 fully saturated rings. The summed E-state index contributed by atoms with van der Waals surface area (Å²) in [4.78, 5) is 16.9. The molecule has 1 aliphatic rings. The first kappa shape index (κ1) is 16.8. The average Bonchev–Trinajstić information content (AvgIpc) is 3.21. The average molecular weight is 350 g/mol. The zero-order chi connectivity index (χ0) is 17.8. The van der Waals surface area contributed by atoms with Crippen LogP contribution >= 0.6 is 0 Å². The third-order valence-corrected chi connectivity index (χ3v) is 4.69. The van der Waals surface area contributed by atoms with E-state index in [-0.39, 0.29) is 5.56 Å². The lowest BCUT2D eigenvalue weighted by Crippen LogP contribution is -2.47. The highest BCUT2D eigenvalue weighted by Crippen LogP contribution is 2.15. The van der Waals surface area contributed by atoms with Crippen LogP contribution in [0.3, 0.4) is 0 Å². The summed E-state index contributed by atoms with van der Waals surface area (Å²) in [6.45, 7) is 5.30. The Kier molecular flexibility index (Phi) is 4.95. The summed E-state index contributed by atoms with van der Waals surface area (Å²) in [5, 5.41) is 4.45. The highest BCUT2D eigenvalue weighted by atomic mass is 16.3. The maximum absolute atomic E-state index is 12.2. The number of hydrogen-bond donors (Lipinski definition) is 0. The lowest BCUT2D eigenvalue weighted by atomic mass is 10.2. The molecule has 1 saturated heterocycles. The molecule has 0 unspecified atom stereocenters. The fourth-order valence-electron chi connectivity index (χ4n) is 3.23. The number of hydrogen-bond acceptors (Lipinski definition) is 5. The van der Waals surface area contributed by atoms with Crippen molar-refractivity contribution < 1.29 is 4.42 Å². The first-order valence-electron chi connectivity index (χ1n) is 8.89. The van der Waals surface area contributed by atoms with Gasteiger partial charge in [0.05, 0.1) is 12.9 Å². The molecule has 6 heteroatoms. The summed E-state index contributed by atoms with van der Waals surface area (Å²) < 4.78 is 6.90. The van der Waals surface area contributed by atoms with Crippen LogP contribution in [0.1, 0.15) is 5.56 Å². The van der Waals surface area contributed by atoms with E-state index in [4.69, 9.17) is 4.42 Å². The van der Waals surface area contributed by atoms with E-state index in [2.05, 4.69) is 39.2 Å². The molecule has 0 bridgehead atoms. The van der Waals surface area contributed by atoms with Gasteiger partial charge in [0, 0.05) is 38.8 Å². The van der Waals surface area contributed by atoms with Crippen LogP contribution in [0.5, 0.6) is 0 Å². The maximum Gasteiger partial charge on any atom is 0.268 e. The minimum absolute atomic E-state index is 0.0907. The summed E-state index contributed by atoms with van der Waals surface area (Å²) in [6, 6.07) is 17.4. The maximum atomic E-state index is 12.2. The summed E-state index contributed by atoms with van der Waals surface area (Å²) in [7, 11) is 0. The van der Waals surface area contributed by atoms with Crippen molar-refractivity contribution in [1.82, 2.24) is 19.6 Å². The topological polar surface area (TPSA) is 54.5 Å². The monoisotopic (exact) mass is 350 g/mol. The summed E-state index contributed by atoms with van der Waals surface area (Å²) in [5.41, 5.74) is 1.93. The van der Waals surface area contributed by atoms with Gasteiger partial charge in [-0.1, -0.05) is 30.3 Å². The van der Waals surface area contributed by atoms with Crippen LogP contribution in [0.2, 0.25) is 0 Å². The predicted molar refractivity (Wildman–Crippen MR) is 99.5 cm³/mol. The standard InChI is InChI=1S/C20H22N4O2/c25-20-9-8-18(19-7-4-14-26-19)21-24(20)16-23-12-10-22(11-13-23)15-17-5-2-1-3-6-17/h1-9,14H,10-13,15-16H2. The van der Waals surface area contributed by atoms with E-state index >= 15 is 0 Å². The molecule has 0 N–H and O–H groups in total. The van der Waals surface area contributed by atoms with Gasteiger partial charge in [0.2, 0.25) is 0 Å². The number of nitrogens with zero attached hydrogens (tertiary/aromatic N) is 4. The molecule has 0 atom stereocenters. The molecule has 2 aromatic heterocycles. The Labute approximate surface area is 152 Å². The van der Waals surface area contributed by atoms with E-state index in [1.165, 1.54) is 10.2 Å². The van der Waals surface area contributed by atoms with Crippen LogP contribution in [-0.4, -0.2) is 45.8 Å². The molecule has 4 rings (SSSR count). The van der Waals surface area contributed by atoms with E-state index < -0.39 is 0 Å². The van der Waals surface area contributed by atoms with Gasteiger partial charge in [-0.15, -0.1) is 0 Å². The molecule has 0 spiro atoms. The normalized spacial score (nSPS) is 16.0. The summed E-state index contributed by atoms with van der Waals surface area (Å²) in [6.07, 6.45) is 1.61. The van der Waals surface area contributed by atoms with E-state index in [0.29, 0.717) is 18.1 Å². The van der Waals surface area contributed by atoms with Gasteiger partial charge in [0.15, 0.2) is 5.76 Å². The van der Waals surface area contributed by atoms with E-state index in [1.807, 2.05) is 18.2 Å². The minimum Gasteiger partial charge on any atom is -0.463 e. The van der Waals surface area contributed by atoms with Crippen LogP contribution in [0, 0.1) is 0 Å². The molecular formula is C20H22N4O2. The minimum atomic E-state index is -0.0907. The predicted octanol–water partition coefficient (Wildman–Crippen LogP) is 2.28. The molecule has 1 aromatic carbocycles. The number of rotatable bonds is 5. The third-order valence-electron chi connectivity index (χ3n) is 4.69. The molecule has 0 radical (unpaired) electrons. The molecule has 26 heavy (non-hydrogen) atoms. The Bertz CT molecular complexity index is 882. The Morgan fingerprint density at radius 3 is 2.38 bits per heavy atom. The number of piperazine rings is 1. The molecule has 1 aliphatic heterocycles. The SMILES string of the molecule is O=c1ccc(-c2ccco2)nn1CN1CCN(Cc2ccccc2)CC1. The Morgan fingerprint density at radius 1 is 0.885 bits per heavy atom. The van der Waals surface area contributed by atoms with Crippen molar-refractivity contribution in [3.05, 3.63) is 76.8 Å². The van der Waals surface area contributed by atoms with Crippen molar-refractivity contribution in [1.29, 1.82) is 0 Å². The molecular weight excluding hydrogens is 328 g/mol. The zero-order valence-electron chi connectivity index (χ0n) is 14.6. The van der Waals surface area contributed by atoms with Crippen LogP contribution < -0.4 is 5.56 Å². The van der Waals surface area contributed by atoms with Gasteiger partial charge in [-0.05, 0) is 23.8 Å². The Hall–Kier alpha value is -2.70. The van der Waals surface area contributed by atoms with E-state index in [1.54, 1.807) is 18.4 Å². The van der Waals surface area contributed by atoms with Crippen molar-refractivity contribution in [2.24, 2.45) is 0 Å². The van der Waals surface area contributed by atoms with Gasteiger partial charge >= 0.3 is 0 Å². The van der Waals surface area contributed by atoms with Gasteiger partial charge in [-0.25, -0.2) is 4.68 Å². The number of aromatic nitrogens is 2. The first-order chi connectivity index (χ1) is 12.8. The summed E-state index contributed by atoms with van der Waals surface area (Å²) >= 11 is 0. The fraction of sp³-hybridized carbons (Fsp3) is 0.300. The summed E-state index contributed by atoms with van der Waals surface area (Å²) in [5.74, 6) is 0.673. The fourth-order valence-corrected chi connectivity index (χ4v) is 3.23. The van der Waals surface area contributed by atoms with Gasteiger partial charge in [0.1, 0.15) is 5.69 Å². The van der Waals surface area contributed by atoms with Crippen molar-refractivity contribution in [3.63, 3.8) is 0 Å². The highest BCUT2D eigenvalue weighted by Gasteiger charge is 2.18. The second-order valence-corrected chi connectivity index (χ2v) is 6.55. The smallest absolute Gasteiger partial charge is 0.268 e. The molecule has 3 heterocycles. The molecule has 6 nitrogen and oxygen atoms in total. The van der Waals surface area contributed by atoms with Crippen molar-refractivity contribution in [3.8, 4) is 11.5 Å². The van der Waals surface area contributed by atoms with Crippen LogP contribution in [-0.2, 0) is 13.2 Å². The molecule has 0 saturated carbocycles. The van der Waals surface area contributed by atoms with Crippen LogP contribution in [0.15, 0.2) is 70.1 Å². The van der Waals surface area contributed by atoms with E-state index in [0.717, 1.165) is 32.7 Å². The second-order valence-electron chi connectivity index (χ2n) is 6.55. The molecule has 134 valence electrons. The molecule has 3 aromatic rings. The number of benzene rings is 1. The van der Waals surface area contributed by atoms with E-state index in [9.17, 15) is 4.79 Å². The van der Waals surface area contributed by atoms with Crippen molar-refractivity contribution >= 4 is 0 Å². The van der Waals surface area contributed by atoms with Crippen LogP contribution in [0.25, 0.3) is 11.5 Å². The lowest BCUT2D eigenvalue weighted by molar-refractivity contribution is 0.0970. The number of furan rings is 1. The Morgan fingerprint density at radius 2 is 1.65 bits per heavy atom. The van der Waals surface area contributed by atoms with Gasteiger partial charge in [-0.3, -0.25) is 14.6 Å². The molecule has 0 aliphatic carbocycles. The highest BCUT2D eigenvalue weighted by molar-refractivity contribution is 5.50. The zero-order valence-corrected chi connectivity index (χ0v) is 14.6. The van der Waals surface area contributed by atoms with Crippen molar-refractivity contribution in [2.45, 2.75) is 13.2 Å². The Balaban J connectivity index is 1.37. The second kappa shape index (κ2) is 7.68. The first-order valence-corrected chi connectivity index (χ1v) is 8.89. The quantitative estimate of drug-likeness (QED) is 0.707. The van der Waals surface area contributed by atoms with Gasteiger partial charge < -0.3 is 4.42 Å². The largest absolute Gasteiger partial charge is 0.463 e.